The van der Waals surface area contributed by atoms with E-state index >= 15 is 0 Å². The Balaban J connectivity index is 1.60. The number of non-ortho nitro benzene ring substituents is 1. The van der Waals surface area contributed by atoms with E-state index in [-0.39, 0.29) is 50.5 Å². The fraction of sp³-hybridized carbons (Fsp3) is 0.280. The van der Waals surface area contributed by atoms with Crippen LogP contribution in [-0.4, -0.2) is 61.0 Å². The van der Waals surface area contributed by atoms with Gasteiger partial charge in [-0.15, -0.1) is 11.3 Å². The number of carbonyl (C=O) groups excluding carboxylic acids is 3. The van der Waals surface area contributed by atoms with Crippen LogP contribution < -0.4 is 10.9 Å². The third kappa shape index (κ3) is 6.12. The third-order valence-electron chi connectivity index (χ3n) is 5.70. The van der Waals surface area contributed by atoms with Crippen LogP contribution in [0, 0.1) is 17.0 Å². The summed E-state index contributed by atoms with van der Waals surface area (Å²) >= 11 is 1.86. The van der Waals surface area contributed by atoms with Crippen molar-refractivity contribution in [3.05, 3.63) is 66.9 Å². The number of carbonyl (C=O) groups is 3. The van der Waals surface area contributed by atoms with E-state index < -0.39 is 33.6 Å². The molecule has 0 aliphatic carbocycles. The van der Waals surface area contributed by atoms with Crippen molar-refractivity contribution in [3.8, 4) is 5.69 Å². The summed E-state index contributed by atoms with van der Waals surface area (Å²) in [5, 5.41) is 17.5. The van der Waals surface area contributed by atoms with Gasteiger partial charge in [0.25, 0.3) is 11.2 Å². The van der Waals surface area contributed by atoms with Crippen molar-refractivity contribution in [2.45, 2.75) is 38.1 Å². The number of aromatic amines is 1. The van der Waals surface area contributed by atoms with Crippen LogP contribution in [0.2, 0.25) is 0 Å². The van der Waals surface area contributed by atoms with Crippen LogP contribution in [-0.2, 0) is 14.3 Å². The maximum Gasteiger partial charge on any atom is 0.348 e. The molecule has 0 radical (unpaired) electrons. The SMILES string of the molecule is CCOC(=O)c1sc(NC(=O)C(C)Sc2nc3c(cnn3-c3ccc([N+](=O)[O-])cc3)c(=O)[nH]2)c(C(=O)OCC)c1C. The van der Waals surface area contributed by atoms with Crippen molar-refractivity contribution < 1.29 is 28.8 Å². The van der Waals surface area contributed by atoms with Gasteiger partial charge in [-0.05, 0) is 45.4 Å². The normalized spacial score (nSPS) is 11.7. The molecule has 0 spiro atoms. The summed E-state index contributed by atoms with van der Waals surface area (Å²) in [5.74, 6) is -1.84. The molecule has 3 heterocycles. The molecule has 2 N–H and O–H groups in total. The molecule has 14 nitrogen and oxygen atoms in total. The van der Waals surface area contributed by atoms with E-state index in [4.69, 9.17) is 9.47 Å². The molecule has 0 saturated heterocycles. The zero-order valence-electron chi connectivity index (χ0n) is 22.2. The highest BCUT2D eigenvalue weighted by atomic mass is 32.2. The number of benzene rings is 1. The van der Waals surface area contributed by atoms with Gasteiger partial charge < -0.3 is 19.8 Å². The van der Waals surface area contributed by atoms with Crippen LogP contribution in [0.4, 0.5) is 10.7 Å². The number of esters is 2. The molecule has 0 fully saturated rings. The molecule has 0 bridgehead atoms. The first-order valence-corrected chi connectivity index (χ1v) is 13.9. The molecule has 1 amide bonds. The Morgan fingerprint density at radius 2 is 1.83 bits per heavy atom. The van der Waals surface area contributed by atoms with Gasteiger partial charge in [-0.25, -0.2) is 19.3 Å². The maximum absolute atomic E-state index is 13.2. The zero-order valence-corrected chi connectivity index (χ0v) is 23.9. The first kappa shape index (κ1) is 29.4. The van der Waals surface area contributed by atoms with E-state index in [1.165, 1.54) is 35.1 Å². The lowest BCUT2D eigenvalue weighted by Gasteiger charge is -2.12. The van der Waals surface area contributed by atoms with Gasteiger partial charge in [-0.1, -0.05) is 11.8 Å². The lowest BCUT2D eigenvalue weighted by molar-refractivity contribution is -0.384. The minimum absolute atomic E-state index is 0.0606. The monoisotopic (exact) mass is 600 g/mol. The second kappa shape index (κ2) is 12.3. The second-order valence-corrected chi connectivity index (χ2v) is 10.7. The van der Waals surface area contributed by atoms with E-state index in [1.807, 2.05) is 0 Å². The van der Waals surface area contributed by atoms with Crippen molar-refractivity contribution in [3.63, 3.8) is 0 Å². The standard InChI is InChI=1S/C25H24N6O8S2/c1-5-38-23(34)17-12(3)18(24(35)39-6-2)41-22(17)28-20(32)13(4)40-25-27-19-16(21(33)29-25)11-26-30(19)14-7-9-15(10-8-14)31(36)37/h7-11,13H,5-6H2,1-4H3,(H,28,32)(H,27,29,33). The van der Waals surface area contributed by atoms with Crippen molar-refractivity contribution in [1.29, 1.82) is 0 Å². The van der Waals surface area contributed by atoms with Gasteiger partial charge in [-0.2, -0.15) is 5.10 Å². The summed E-state index contributed by atoms with van der Waals surface area (Å²) < 4.78 is 11.6. The number of anilines is 1. The number of hydrogen-bond donors (Lipinski definition) is 2. The van der Waals surface area contributed by atoms with Crippen molar-refractivity contribution in [2.75, 3.05) is 18.5 Å². The number of H-pyrrole nitrogens is 1. The number of amides is 1. The summed E-state index contributed by atoms with van der Waals surface area (Å²) in [5.41, 5.74) is 0.436. The molecule has 214 valence electrons. The highest BCUT2D eigenvalue weighted by Gasteiger charge is 2.28. The van der Waals surface area contributed by atoms with Crippen LogP contribution in [0.15, 0.2) is 40.4 Å². The molecule has 1 atom stereocenters. The minimum atomic E-state index is -0.810. The molecule has 1 aromatic carbocycles. The lowest BCUT2D eigenvalue weighted by Crippen LogP contribution is -2.24. The summed E-state index contributed by atoms with van der Waals surface area (Å²) in [6.45, 7) is 6.68. The first-order chi connectivity index (χ1) is 19.5. The van der Waals surface area contributed by atoms with E-state index in [9.17, 15) is 29.3 Å². The summed E-state index contributed by atoms with van der Waals surface area (Å²) in [6, 6.07) is 5.57. The van der Waals surface area contributed by atoms with Gasteiger partial charge in [0.05, 0.1) is 40.8 Å². The number of nitrogens with one attached hydrogen (secondary N) is 2. The number of nitrogens with zero attached hydrogens (tertiary/aromatic N) is 4. The Labute approximate surface area is 240 Å². The van der Waals surface area contributed by atoms with Crippen molar-refractivity contribution in [2.24, 2.45) is 0 Å². The molecule has 4 rings (SSSR count). The molecule has 4 aromatic rings. The molecular formula is C25H24N6O8S2. The predicted molar refractivity (Wildman–Crippen MR) is 151 cm³/mol. The topological polar surface area (TPSA) is 188 Å². The Hall–Kier alpha value is -4.57. The number of rotatable bonds is 10. The van der Waals surface area contributed by atoms with Crippen LogP contribution in [0.5, 0.6) is 0 Å². The van der Waals surface area contributed by atoms with Crippen LogP contribution in [0.25, 0.3) is 16.7 Å². The number of nitro groups is 1. The predicted octanol–water partition coefficient (Wildman–Crippen LogP) is 3.86. The van der Waals surface area contributed by atoms with Gasteiger partial charge in [0, 0.05) is 12.1 Å². The zero-order chi connectivity index (χ0) is 29.8. The van der Waals surface area contributed by atoms with Crippen LogP contribution in [0.3, 0.4) is 0 Å². The average Bonchev–Trinajstić information content (AvgIpc) is 3.50. The van der Waals surface area contributed by atoms with E-state index in [0.717, 1.165) is 23.1 Å². The second-order valence-electron chi connectivity index (χ2n) is 8.39. The van der Waals surface area contributed by atoms with Gasteiger partial charge in [-0.3, -0.25) is 19.7 Å². The number of nitro benzene ring substituents is 1. The highest BCUT2D eigenvalue weighted by molar-refractivity contribution is 8.00. The Kier molecular flexibility index (Phi) is 8.83. The summed E-state index contributed by atoms with van der Waals surface area (Å²) in [7, 11) is 0. The Bertz CT molecular complexity index is 1710. The van der Waals surface area contributed by atoms with E-state index in [1.54, 1.807) is 27.7 Å². The van der Waals surface area contributed by atoms with Crippen molar-refractivity contribution >= 4 is 62.7 Å². The Morgan fingerprint density at radius 1 is 1.17 bits per heavy atom. The summed E-state index contributed by atoms with van der Waals surface area (Å²) in [6.07, 6.45) is 1.32. The van der Waals surface area contributed by atoms with Gasteiger partial charge in [0.15, 0.2) is 10.8 Å². The summed E-state index contributed by atoms with van der Waals surface area (Å²) in [4.78, 5) is 68.6. The van der Waals surface area contributed by atoms with Gasteiger partial charge in [0.1, 0.15) is 15.3 Å². The first-order valence-electron chi connectivity index (χ1n) is 12.2. The third-order valence-corrected chi connectivity index (χ3v) is 7.87. The van der Waals surface area contributed by atoms with E-state index in [2.05, 4.69) is 20.4 Å². The number of aromatic nitrogens is 4. The number of fused-ring (bicyclic) bond motifs is 1. The fourth-order valence-electron chi connectivity index (χ4n) is 3.74. The van der Waals surface area contributed by atoms with Crippen LogP contribution in [0.1, 0.15) is 46.4 Å². The van der Waals surface area contributed by atoms with Gasteiger partial charge >= 0.3 is 11.9 Å². The molecule has 3 aromatic heterocycles. The number of thioether (sulfide) groups is 1. The maximum atomic E-state index is 13.2. The van der Waals surface area contributed by atoms with Crippen LogP contribution >= 0.6 is 23.1 Å². The minimum Gasteiger partial charge on any atom is -0.462 e. The quantitative estimate of drug-likeness (QED) is 0.0884. The number of ether oxygens (including phenoxy) is 2. The van der Waals surface area contributed by atoms with Gasteiger partial charge in [0.2, 0.25) is 5.91 Å². The molecule has 16 heteroatoms. The molecule has 0 saturated carbocycles. The Morgan fingerprint density at radius 3 is 2.46 bits per heavy atom. The molecule has 1 unspecified atom stereocenters. The lowest BCUT2D eigenvalue weighted by atomic mass is 10.1. The van der Waals surface area contributed by atoms with Crippen molar-refractivity contribution in [1.82, 2.24) is 19.7 Å². The molecular weight excluding hydrogens is 576 g/mol. The molecule has 41 heavy (non-hydrogen) atoms. The average molecular weight is 601 g/mol. The smallest absolute Gasteiger partial charge is 0.348 e. The van der Waals surface area contributed by atoms with E-state index in [0.29, 0.717) is 11.3 Å². The number of hydrogen-bond acceptors (Lipinski definition) is 12. The highest BCUT2D eigenvalue weighted by Crippen LogP contribution is 2.35. The molecule has 0 aliphatic heterocycles. The largest absolute Gasteiger partial charge is 0.462 e. The number of thiophene rings is 1. The molecule has 0 aliphatic rings. The fourth-order valence-corrected chi connectivity index (χ4v) is 5.62.